The largest absolute Gasteiger partial charge is 0.512 e. The minimum Gasteiger partial charge on any atom is -0.512 e. The second-order valence-corrected chi connectivity index (χ2v) is 13.1. The van der Waals surface area contributed by atoms with Gasteiger partial charge < -0.3 is 5.11 Å². The number of carbonyl (C=O) groups excluding carboxylic acids is 1. The Hall–Kier alpha value is -3.44. The van der Waals surface area contributed by atoms with Gasteiger partial charge in [-0.05, 0) is 48.4 Å². The molecule has 0 spiro atoms. The van der Waals surface area contributed by atoms with Gasteiger partial charge in [-0.3, -0.25) is 9.78 Å². The van der Waals surface area contributed by atoms with Crippen LogP contribution in [-0.4, -0.2) is 20.9 Å². The van der Waals surface area contributed by atoms with Gasteiger partial charge in [-0.1, -0.05) is 101 Å². The number of fused-ring (bicyclic) bond motifs is 6. The van der Waals surface area contributed by atoms with Gasteiger partial charge in [0.15, 0.2) is 5.78 Å². The van der Waals surface area contributed by atoms with E-state index in [0.717, 1.165) is 52.5 Å². The molecule has 0 bridgehead atoms. The molecule has 0 aliphatic heterocycles. The maximum absolute atomic E-state index is 11.7. The van der Waals surface area contributed by atoms with Crippen LogP contribution in [0.2, 0.25) is 0 Å². The molecule has 0 aliphatic rings. The van der Waals surface area contributed by atoms with Crippen molar-refractivity contribution in [2.24, 2.45) is 11.8 Å². The predicted molar refractivity (Wildman–Crippen MR) is 192 cm³/mol. The van der Waals surface area contributed by atoms with Crippen LogP contribution < -0.4 is 0 Å². The van der Waals surface area contributed by atoms with Crippen LogP contribution in [-0.2, 0) is 24.9 Å². The van der Waals surface area contributed by atoms with E-state index in [2.05, 4.69) is 86.6 Å². The molecule has 4 aromatic carbocycles. The van der Waals surface area contributed by atoms with Gasteiger partial charge in [0, 0.05) is 58.5 Å². The van der Waals surface area contributed by atoms with Gasteiger partial charge in [-0.2, -0.15) is 0 Å². The molecule has 0 fully saturated rings. The monoisotopic (exact) mass is 808 g/mol. The average molecular weight is 808 g/mol. The number of aromatic nitrogens is 2. The van der Waals surface area contributed by atoms with E-state index >= 15 is 0 Å². The van der Waals surface area contributed by atoms with Crippen LogP contribution in [0.4, 0.5) is 0 Å². The third-order valence-electron chi connectivity index (χ3n) is 8.91. The van der Waals surface area contributed by atoms with Gasteiger partial charge >= 0.3 is 0 Å². The van der Waals surface area contributed by atoms with E-state index in [-0.39, 0.29) is 43.5 Å². The van der Waals surface area contributed by atoms with Gasteiger partial charge in [0.1, 0.15) is 6.33 Å². The van der Waals surface area contributed by atoms with Crippen LogP contribution in [0.5, 0.6) is 0 Å². The number of ketones is 1. The van der Waals surface area contributed by atoms with Crippen LogP contribution in [0, 0.1) is 17.9 Å². The van der Waals surface area contributed by atoms with Gasteiger partial charge in [-0.15, -0.1) is 40.5 Å². The van der Waals surface area contributed by atoms with Crippen molar-refractivity contribution >= 4 is 59.0 Å². The number of hydrogen-bond acceptors (Lipinski definition) is 5. The molecule has 46 heavy (non-hydrogen) atoms. The van der Waals surface area contributed by atoms with Gasteiger partial charge in [0.05, 0.1) is 11.3 Å². The molecule has 0 atom stereocenters. The summed E-state index contributed by atoms with van der Waals surface area (Å²) in [6.07, 6.45) is 6.60. The normalized spacial score (nSPS) is 11.9. The Morgan fingerprint density at radius 3 is 2.20 bits per heavy atom. The Morgan fingerprint density at radius 1 is 0.870 bits per heavy atom. The van der Waals surface area contributed by atoms with E-state index < -0.39 is 0 Å². The van der Waals surface area contributed by atoms with Crippen molar-refractivity contribution in [2.75, 3.05) is 0 Å². The minimum absolute atomic E-state index is 0. The van der Waals surface area contributed by atoms with Crippen molar-refractivity contribution in [3.05, 3.63) is 96.5 Å². The third kappa shape index (κ3) is 7.25. The van der Waals surface area contributed by atoms with E-state index in [1.54, 1.807) is 17.7 Å². The number of thiophene rings is 1. The number of benzene rings is 4. The standard InChI is InChI=1S/C27H19N2S.C13H24O2.Ir/c1-16(2)22-14-19(13-18-8-4-5-9-20(18)22)25-27-26(29-15-28-25)24-21-10-6-3-7-17(21)11-12-23(24)30-27;1-5-10(6-2)12(14)9-13(15)11(7-3)8-4;/h3-12,14-16H,1-2H3;9-11,14H,5-8H2,1-4H3;/q-1;;/b;12-9-;. The Labute approximate surface area is 290 Å². The van der Waals surface area contributed by atoms with E-state index in [1.807, 2.05) is 27.7 Å². The molecule has 0 aliphatic carbocycles. The molecular weight excluding hydrogens is 765 g/mol. The molecule has 0 saturated heterocycles. The number of allylic oxidation sites excluding steroid dienone is 2. The zero-order valence-electron chi connectivity index (χ0n) is 27.6. The number of aliphatic hydroxyl groups excluding tert-OH is 1. The van der Waals surface area contributed by atoms with Crippen LogP contribution in [0.15, 0.2) is 84.9 Å². The molecule has 6 rings (SSSR count). The second kappa shape index (κ2) is 15.9. The topological polar surface area (TPSA) is 63.1 Å². The molecule has 0 saturated carbocycles. The van der Waals surface area contributed by atoms with Gasteiger partial charge in [0.2, 0.25) is 0 Å². The van der Waals surface area contributed by atoms with Gasteiger partial charge in [0.25, 0.3) is 0 Å². The van der Waals surface area contributed by atoms with E-state index in [9.17, 15) is 9.90 Å². The minimum atomic E-state index is 0. The number of hydrogen-bond donors (Lipinski definition) is 1. The molecule has 241 valence electrons. The molecule has 6 aromatic rings. The van der Waals surface area contributed by atoms with E-state index in [1.165, 1.54) is 37.9 Å². The Kier molecular flexibility index (Phi) is 12.2. The van der Waals surface area contributed by atoms with Crippen LogP contribution >= 0.6 is 11.3 Å². The summed E-state index contributed by atoms with van der Waals surface area (Å²) < 4.78 is 2.38. The van der Waals surface area contributed by atoms with E-state index in [0.29, 0.717) is 5.92 Å². The summed E-state index contributed by atoms with van der Waals surface area (Å²) in [7, 11) is 0. The first-order valence-electron chi connectivity index (χ1n) is 16.3. The quantitative estimate of drug-likeness (QED) is 0.0898. The Morgan fingerprint density at radius 2 is 1.52 bits per heavy atom. The van der Waals surface area contributed by atoms with Crippen molar-refractivity contribution in [1.82, 2.24) is 9.97 Å². The average Bonchev–Trinajstić information content (AvgIpc) is 3.45. The van der Waals surface area contributed by atoms with Crippen molar-refractivity contribution < 1.29 is 30.0 Å². The summed E-state index contributed by atoms with van der Waals surface area (Å²) in [5, 5.41) is 15.9. The first-order chi connectivity index (χ1) is 21.8. The molecule has 0 unspecified atom stereocenters. The third-order valence-corrected chi connectivity index (χ3v) is 10.1. The van der Waals surface area contributed by atoms with Crippen LogP contribution in [0.1, 0.15) is 78.7 Å². The fraction of sp³-hybridized carbons (Fsp3) is 0.325. The molecule has 6 heteroatoms. The van der Waals surface area contributed by atoms with Crippen molar-refractivity contribution in [2.45, 2.75) is 73.1 Å². The first kappa shape index (κ1) is 35.4. The maximum atomic E-state index is 11.7. The predicted octanol–water partition coefficient (Wildman–Crippen LogP) is 11.6. The maximum Gasteiger partial charge on any atom is 0.162 e. The Balaban J connectivity index is 0.000000259. The number of rotatable bonds is 9. The van der Waals surface area contributed by atoms with Gasteiger partial charge in [-0.25, -0.2) is 4.98 Å². The van der Waals surface area contributed by atoms with Crippen LogP contribution in [0.3, 0.4) is 0 Å². The molecular formula is C40H43IrN2O2S-. The fourth-order valence-electron chi connectivity index (χ4n) is 6.17. The van der Waals surface area contributed by atoms with E-state index in [4.69, 9.17) is 9.97 Å². The first-order valence-corrected chi connectivity index (χ1v) is 17.1. The summed E-state index contributed by atoms with van der Waals surface area (Å²) in [6.45, 7) is 12.6. The Bertz CT molecular complexity index is 1990. The fourth-order valence-corrected chi connectivity index (χ4v) is 7.35. The number of aliphatic hydroxyl groups is 1. The van der Waals surface area contributed by atoms with Crippen molar-refractivity contribution in [3.63, 3.8) is 0 Å². The molecule has 2 aromatic heterocycles. The zero-order valence-corrected chi connectivity index (χ0v) is 30.8. The summed E-state index contributed by atoms with van der Waals surface area (Å²) >= 11 is 1.77. The zero-order chi connectivity index (χ0) is 32.1. The summed E-state index contributed by atoms with van der Waals surface area (Å²) in [5.74, 6) is 0.970. The smallest absolute Gasteiger partial charge is 0.162 e. The van der Waals surface area contributed by atoms with Crippen LogP contribution in [0.25, 0.3) is 53.1 Å². The van der Waals surface area contributed by atoms with Crippen molar-refractivity contribution in [1.29, 1.82) is 0 Å². The number of carbonyl (C=O) groups is 1. The summed E-state index contributed by atoms with van der Waals surface area (Å²) in [4.78, 5) is 21.2. The van der Waals surface area contributed by atoms with Crippen molar-refractivity contribution in [3.8, 4) is 11.3 Å². The number of nitrogens with zero attached hydrogens (tertiary/aromatic N) is 2. The summed E-state index contributed by atoms with van der Waals surface area (Å²) in [5.41, 5.74) is 4.38. The molecule has 2 heterocycles. The SMILES string of the molecule is CC(C)c1cc(-c2ncnc3c2sc2ccc4ccccc4c23)[c-]c2ccccc12.CCC(CC)C(=O)/C=C(\O)C(CC)CC.[Ir]. The molecule has 4 nitrogen and oxygen atoms in total. The summed E-state index contributed by atoms with van der Waals surface area (Å²) in [6, 6.07) is 27.3. The second-order valence-electron chi connectivity index (χ2n) is 12.0. The molecule has 1 radical (unpaired) electrons. The molecule has 0 amide bonds. The molecule has 1 N–H and O–H groups in total.